The molecule has 0 amide bonds. The summed E-state index contributed by atoms with van der Waals surface area (Å²) in [5.74, 6) is 0.00377. The van der Waals surface area contributed by atoms with Gasteiger partial charge in [-0.05, 0) is 82.4 Å². The number of aliphatic imine (C=N–C) groups is 1. The van der Waals surface area contributed by atoms with Crippen LogP contribution in [0.25, 0.3) is 22.2 Å². The van der Waals surface area contributed by atoms with Crippen molar-refractivity contribution in [3.63, 3.8) is 0 Å². The second-order valence-electron chi connectivity index (χ2n) is 15.8. The van der Waals surface area contributed by atoms with Crippen molar-refractivity contribution in [1.29, 1.82) is 0 Å². The van der Waals surface area contributed by atoms with E-state index >= 15 is 0 Å². The van der Waals surface area contributed by atoms with Gasteiger partial charge in [-0.1, -0.05) is 0 Å². The first-order chi connectivity index (χ1) is 26.3. The minimum atomic E-state index is -1.35. The Morgan fingerprint density at radius 3 is 2.67 bits per heavy atom. The number of aliphatic hydroxyl groups excluding tert-OH is 1. The Hall–Kier alpha value is -5.73. The Morgan fingerprint density at radius 2 is 1.85 bits per heavy atom. The number of nitrogens with two attached hydrogens (primary N) is 2. The normalized spacial score (nSPS) is 26.3. The minimum Gasteiger partial charge on any atom is -0.507 e. The van der Waals surface area contributed by atoms with Gasteiger partial charge in [-0.25, -0.2) is 14.8 Å². The number of rotatable bonds is 6. The molecular formula is C41H42N6O8. The third kappa shape index (κ3) is 6.18. The fourth-order valence-electron chi connectivity index (χ4n) is 8.76. The molecule has 55 heavy (non-hydrogen) atoms. The molecule has 14 heteroatoms. The highest BCUT2D eigenvalue weighted by Gasteiger charge is 2.65. The lowest BCUT2D eigenvalue weighted by Gasteiger charge is -2.44. The number of phenols is 1. The number of anilines is 2. The average Bonchev–Trinajstić information content (AvgIpc) is 3.37. The van der Waals surface area contributed by atoms with Crippen LogP contribution in [0.2, 0.25) is 0 Å². The second kappa shape index (κ2) is 12.7. The molecule has 0 saturated carbocycles. The number of pyridine rings is 2. The van der Waals surface area contributed by atoms with E-state index in [0.717, 1.165) is 28.1 Å². The zero-order valence-corrected chi connectivity index (χ0v) is 30.7. The van der Waals surface area contributed by atoms with Crippen LogP contribution in [0.3, 0.4) is 0 Å². The number of nitrogen functional groups attached to an aromatic ring is 2. The maximum absolute atomic E-state index is 14.1. The number of nitrogens with zero attached hydrogens (tertiary/aromatic N) is 4. The smallest absolute Gasteiger partial charge is 0.341 e. The minimum absolute atomic E-state index is 0.0310. The topological polar surface area (TPSA) is 212 Å². The molecule has 0 bridgehead atoms. The van der Waals surface area contributed by atoms with Crippen molar-refractivity contribution < 1.29 is 33.6 Å². The Kier molecular flexibility index (Phi) is 8.06. The largest absolute Gasteiger partial charge is 0.507 e. The van der Waals surface area contributed by atoms with Gasteiger partial charge >= 0.3 is 5.97 Å². The van der Waals surface area contributed by atoms with Crippen LogP contribution in [0.1, 0.15) is 68.0 Å². The number of carbonyl (C=O) groups excluding carboxylic acids is 1. The summed E-state index contributed by atoms with van der Waals surface area (Å²) >= 11 is 0. The van der Waals surface area contributed by atoms with Gasteiger partial charge in [0.05, 0.1) is 42.4 Å². The Bertz CT molecular complexity index is 2440. The maximum Gasteiger partial charge on any atom is 0.341 e. The first-order valence-corrected chi connectivity index (χ1v) is 18.6. The standard InChI is InChI=1S/C41H42N6O8/c1-20-10-29(49)36-30(52-20)15-31-35(37(36)50)26-6-5-25(48)16-41(39(51)53-38(26)40(2,3)54-31)32(55-41)7-4-21-11-27(46-33(42)12-21)23-13-24(45-34(43)14-23)18-47-17-22-8-9-44-28(22)19-47/h8-15,17,25-26,32,38,48,50H,4-7,16,18-19H2,1-3H3,(H2,42,46)(H2,43,45)/t25-,26-,32-,38-,41+/m1/s1. The van der Waals surface area contributed by atoms with Crippen LogP contribution in [0.4, 0.5) is 11.6 Å². The first kappa shape index (κ1) is 35.0. The molecule has 5 aliphatic heterocycles. The average molecular weight is 747 g/mol. The molecule has 5 atom stereocenters. The highest BCUT2D eigenvalue weighted by molar-refractivity contribution is 6.07. The fourth-order valence-corrected chi connectivity index (χ4v) is 8.76. The van der Waals surface area contributed by atoms with Crippen LogP contribution >= 0.6 is 0 Å². The molecule has 5 aliphatic rings. The number of epoxide rings is 1. The van der Waals surface area contributed by atoms with Crippen LogP contribution in [-0.4, -0.2) is 72.8 Å². The highest BCUT2D eigenvalue weighted by Crippen LogP contribution is 2.53. The summed E-state index contributed by atoms with van der Waals surface area (Å²) in [5.41, 5.74) is 15.6. The van der Waals surface area contributed by atoms with Crippen molar-refractivity contribution >= 4 is 34.3 Å². The Balaban J connectivity index is 0.936. The molecule has 3 aromatic heterocycles. The van der Waals surface area contributed by atoms with Gasteiger partial charge in [0.25, 0.3) is 0 Å². The van der Waals surface area contributed by atoms with E-state index in [1.165, 1.54) is 6.07 Å². The summed E-state index contributed by atoms with van der Waals surface area (Å²) in [4.78, 5) is 42.8. The molecule has 1 aromatic carbocycles. The summed E-state index contributed by atoms with van der Waals surface area (Å²) in [6.45, 7) is 6.54. The lowest BCUT2D eigenvalue weighted by atomic mass is 9.77. The van der Waals surface area contributed by atoms with E-state index in [9.17, 15) is 19.8 Å². The molecule has 0 aliphatic carbocycles. The molecule has 2 saturated heterocycles. The lowest BCUT2D eigenvalue weighted by Crippen LogP contribution is -2.52. The molecule has 4 aromatic rings. The van der Waals surface area contributed by atoms with E-state index < -0.39 is 46.8 Å². The molecule has 0 unspecified atom stereocenters. The number of allylic oxidation sites excluding steroid dienone is 1. The number of ether oxygens (including phenoxy) is 3. The van der Waals surface area contributed by atoms with Crippen molar-refractivity contribution in [2.45, 2.75) is 94.9 Å². The van der Waals surface area contributed by atoms with E-state index in [1.54, 1.807) is 31.3 Å². The molecule has 9 rings (SSSR count). The van der Waals surface area contributed by atoms with E-state index in [4.69, 9.17) is 30.1 Å². The third-order valence-corrected chi connectivity index (χ3v) is 11.3. The number of esters is 1. The third-order valence-electron chi connectivity index (χ3n) is 11.3. The number of benzene rings is 1. The molecule has 8 heterocycles. The van der Waals surface area contributed by atoms with Crippen molar-refractivity contribution in [3.8, 4) is 22.8 Å². The number of carbonyl (C=O) groups is 1. The second-order valence-corrected chi connectivity index (χ2v) is 15.8. The summed E-state index contributed by atoms with van der Waals surface area (Å²) in [5, 5.41) is 22.8. The zero-order valence-electron chi connectivity index (χ0n) is 30.7. The van der Waals surface area contributed by atoms with Crippen molar-refractivity contribution in [3.05, 3.63) is 93.3 Å². The van der Waals surface area contributed by atoms with E-state index in [0.29, 0.717) is 73.2 Å². The summed E-state index contributed by atoms with van der Waals surface area (Å²) in [7, 11) is 0. The number of fused-ring (bicyclic) bond motifs is 5. The van der Waals surface area contributed by atoms with E-state index in [2.05, 4.69) is 26.1 Å². The van der Waals surface area contributed by atoms with E-state index in [1.807, 2.05) is 32.1 Å². The van der Waals surface area contributed by atoms with Gasteiger partial charge in [0.2, 0.25) is 0 Å². The van der Waals surface area contributed by atoms with Crippen LogP contribution in [0.15, 0.2) is 74.7 Å². The van der Waals surface area contributed by atoms with Crippen LogP contribution in [-0.2, 0) is 27.2 Å². The van der Waals surface area contributed by atoms with Gasteiger partial charge in [0.15, 0.2) is 11.0 Å². The fraction of sp³-hybridized carbons (Fsp3) is 0.390. The monoisotopic (exact) mass is 746 g/mol. The number of hydrogen-bond donors (Lipinski definition) is 4. The quantitative estimate of drug-likeness (QED) is 0.157. The van der Waals surface area contributed by atoms with Gasteiger partial charge in [-0.2, -0.15) is 0 Å². The number of hydrogen-bond acceptors (Lipinski definition) is 14. The lowest BCUT2D eigenvalue weighted by molar-refractivity contribution is -0.171. The molecule has 2 fully saturated rings. The Labute approximate surface area is 316 Å². The molecule has 14 nitrogen and oxygen atoms in total. The zero-order chi connectivity index (χ0) is 38.4. The van der Waals surface area contributed by atoms with Crippen molar-refractivity contribution in [2.24, 2.45) is 4.99 Å². The molecule has 284 valence electrons. The highest BCUT2D eigenvalue weighted by atomic mass is 16.7. The van der Waals surface area contributed by atoms with Gasteiger partial charge < -0.3 is 45.2 Å². The van der Waals surface area contributed by atoms with Gasteiger partial charge in [-0.15, -0.1) is 0 Å². The van der Waals surface area contributed by atoms with Crippen molar-refractivity contribution in [1.82, 2.24) is 14.9 Å². The van der Waals surface area contributed by atoms with Gasteiger partial charge in [0.1, 0.15) is 51.6 Å². The summed E-state index contributed by atoms with van der Waals surface area (Å²) in [6, 6.07) is 10.4. The summed E-state index contributed by atoms with van der Waals surface area (Å²) < 4.78 is 24.6. The molecule has 6 N–H and O–H groups in total. The molecule has 1 spiro atoms. The number of aryl methyl sites for hydroxylation is 2. The number of aliphatic hydroxyl groups is 1. The molecular weight excluding hydrogens is 704 g/mol. The number of aromatic hydroxyl groups is 1. The van der Waals surface area contributed by atoms with Crippen LogP contribution in [0, 0.1) is 6.92 Å². The van der Waals surface area contributed by atoms with Crippen LogP contribution in [0.5, 0.6) is 11.5 Å². The predicted octanol–water partition coefficient (Wildman–Crippen LogP) is 4.58. The number of phenolic OH excluding ortho intramolecular Hbond substituents is 1. The summed E-state index contributed by atoms with van der Waals surface area (Å²) in [6.07, 6.45) is 5.27. The van der Waals surface area contributed by atoms with E-state index in [-0.39, 0.29) is 23.1 Å². The van der Waals surface area contributed by atoms with Gasteiger partial charge in [0, 0.05) is 53.6 Å². The number of aromatic nitrogens is 2. The Morgan fingerprint density at radius 1 is 1.04 bits per heavy atom. The predicted molar refractivity (Wildman–Crippen MR) is 203 cm³/mol. The maximum atomic E-state index is 14.1. The molecule has 0 radical (unpaired) electrons. The first-order valence-electron chi connectivity index (χ1n) is 18.6. The SMILES string of the molecule is Cc1cc(=O)c2c(O)c3c(cc2o1)OC(C)(C)[C@@H]1OC(=O)[C@@]2(C[C@H](O)CC[C@H]31)O[C@@H]2CCc1cc(N)nc(-c2cc(N)nc(CN3C=C4C=CN=C4C3)c2)c1. The van der Waals surface area contributed by atoms with Gasteiger partial charge in [-0.3, -0.25) is 9.79 Å². The van der Waals surface area contributed by atoms with Crippen molar-refractivity contribution in [2.75, 3.05) is 18.0 Å². The van der Waals surface area contributed by atoms with Crippen LogP contribution < -0.4 is 21.6 Å².